The van der Waals surface area contributed by atoms with Crippen LogP contribution in [-0.2, 0) is 16.1 Å². The number of anilines is 3. The van der Waals surface area contributed by atoms with E-state index in [1.54, 1.807) is 42.5 Å². The van der Waals surface area contributed by atoms with E-state index in [4.69, 9.17) is 25.8 Å². The van der Waals surface area contributed by atoms with Gasteiger partial charge in [0.15, 0.2) is 0 Å². The Morgan fingerprint density at radius 1 is 1.19 bits per heavy atom. The fourth-order valence-corrected chi connectivity index (χ4v) is 5.54. The summed E-state index contributed by atoms with van der Waals surface area (Å²) in [6, 6.07) is 13.8. The number of halogens is 2. The first kappa shape index (κ1) is 28.8. The summed E-state index contributed by atoms with van der Waals surface area (Å²) in [5.74, 6) is 0.503. The van der Waals surface area contributed by atoms with Crippen molar-refractivity contribution >= 4 is 45.6 Å². The average Bonchev–Trinajstić information content (AvgIpc) is 3.63. The molecule has 0 saturated carbocycles. The highest BCUT2D eigenvalue weighted by Crippen LogP contribution is 2.35. The number of hydrogen-bond donors (Lipinski definition) is 2. The minimum absolute atomic E-state index is 0.0681. The van der Waals surface area contributed by atoms with Crippen molar-refractivity contribution < 1.29 is 23.4 Å². The third-order valence-corrected chi connectivity index (χ3v) is 7.68. The molecule has 4 aromatic rings. The van der Waals surface area contributed by atoms with E-state index in [0.717, 1.165) is 32.5 Å². The van der Waals surface area contributed by atoms with E-state index in [-0.39, 0.29) is 12.5 Å². The van der Waals surface area contributed by atoms with E-state index in [0.29, 0.717) is 69.1 Å². The summed E-state index contributed by atoms with van der Waals surface area (Å²) in [7, 11) is 0. The van der Waals surface area contributed by atoms with Crippen LogP contribution in [0, 0.1) is 5.95 Å². The zero-order chi connectivity index (χ0) is 29.8. The van der Waals surface area contributed by atoms with Gasteiger partial charge < -0.3 is 24.8 Å². The second-order valence-electron chi connectivity index (χ2n) is 10.3. The van der Waals surface area contributed by atoms with Crippen molar-refractivity contribution in [2.45, 2.75) is 31.6 Å². The van der Waals surface area contributed by atoms with Gasteiger partial charge in [-0.1, -0.05) is 24.2 Å². The lowest BCUT2D eigenvalue weighted by molar-refractivity contribution is -0.111. The topological polar surface area (TPSA) is 111 Å². The summed E-state index contributed by atoms with van der Waals surface area (Å²) in [4.78, 5) is 27.3. The highest BCUT2D eigenvalue weighted by molar-refractivity contribution is 6.32. The third kappa shape index (κ3) is 6.85. The van der Waals surface area contributed by atoms with Crippen molar-refractivity contribution in [3.8, 4) is 11.5 Å². The van der Waals surface area contributed by atoms with Gasteiger partial charge in [0.05, 0.1) is 41.2 Å². The van der Waals surface area contributed by atoms with Crippen molar-refractivity contribution in [1.29, 1.82) is 0 Å². The Morgan fingerprint density at radius 2 is 2.09 bits per heavy atom. The standard InChI is InChI=1S/C31H30ClFN6O4/c1-2-30(40)38-26-13-23-25(14-28(26)41-10-4-9-39-15-22-12-21(39)17-42-22)34-18-35-31(23)37-19-7-8-27(24(32)11-19)43-16-20-5-3-6-29(33)36-20/h2-3,5-8,11,13-14,18,21-22H,1,4,9-10,12,15-17H2,(H,38,40)(H,34,35,37)/t21-,22-/m0/s1. The summed E-state index contributed by atoms with van der Waals surface area (Å²) in [6.45, 7) is 6.82. The molecule has 2 fully saturated rings. The van der Waals surface area contributed by atoms with Gasteiger partial charge in [0.2, 0.25) is 11.9 Å². The number of benzene rings is 2. The molecule has 0 aliphatic carbocycles. The summed E-state index contributed by atoms with van der Waals surface area (Å²) in [5.41, 5.74) is 2.21. The lowest BCUT2D eigenvalue weighted by atomic mass is 10.1. The molecule has 4 heterocycles. The number of nitrogens with one attached hydrogen (secondary N) is 2. The molecule has 43 heavy (non-hydrogen) atoms. The summed E-state index contributed by atoms with van der Waals surface area (Å²) in [5, 5.41) is 7.11. The number of ether oxygens (including phenoxy) is 3. The van der Waals surface area contributed by atoms with Crippen LogP contribution in [0.5, 0.6) is 11.5 Å². The summed E-state index contributed by atoms with van der Waals surface area (Å²) >= 11 is 6.48. The van der Waals surface area contributed by atoms with Gasteiger partial charge in [-0.3, -0.25) is 9.69 Å². The second-order valence-corrected chi connectivity index (χ2v) is 10.7. The van der Waals surface area contributed by atoms with Gasteiger partial charge in [-0.15, -0.1) is 0 Å². The highest BCUT2D eigenvalue weighted by atomic mass is 35.5. The van der Waals surface area contributed by atoms with Crippen molar-refractivity contribution in [2.24, 2.45) is 0 Å². The second kappa shape index (κ2) is 12.9. The molecule has 2 N–H and O–H groups in total. The molecule has 2 atom stereocenters. The zero-order valence-corrected chi connectivity index (χ0v) is 24.0. The number of rotatable bonds is 12. The van der Waals surface area contributed by atoms with Crippen LogP contribution in [-0.4, -0.2) is 64.2 Å². The van der Waals surface area contributed by atoms with E-state index in [9.17, 15) is 9.18 Å². The molecule has 2 aromatic carbocycles. The van der Waals surface area contributed by atoms with Gasteiger partial charge >= 0.3 is 0 Å². The van der Waals surface area contributed by atoms with Crippen LogP contribution in [0.15, 0.2) is 67.5 Å². The largest absolute Gasteiger partial charge is 0.491 e. The van der Waals surface area contributed by atoms with E-state index in [2.05, 4.69) is 37.1 Å². The van der Waals surface area contributed by atoms with Gasteiger partial charge in [-0.2, -0.15) is 4.39 Å². The van der Waals surface area contributed by atoms with Gasteiger partial charge in [0, 0.05) is 36.3 Å². The van der Waals surface area contributed by atoms with E-state index in [1.807, 2.05) is 0 Å². The number of pyridine rings is 1. The molecule has 1 amide bonds. The van der Waals surface area contributed by atoms with Crippen LogP contribution < -0.4 is 20.1 Å². The van der Waals surface area contributed by atoms with Crippen LogP contribution in [0.1, 0.15) is 18.5 Å². The van der Waals surface area contributed by atoms with Gasteiger partial charge in [-0.05, 0) is 55.3 Å². The van der Waals surface area contributed by atoms with Crippen LogP contribution in [0.4, 0.5) is 21.6 Å². The molecule has 12 heteroatoms. The predicted octanol–water partition coefficient (Wildman–Crippen LogP) is 5.51. The third-order valence-electron chi connectivity index (χ3n) is 7.38. The number of carbonyl (C=O) groups excluding carboxylic acids is 1. The Bertz CT molecular complexity index is 1660. The average molecular weight is 605 g/mol. The molecule has 6 rings (SSSR count). The molecule has 222 valence electrons. The monoisotopic (exact) mass is 604 g/mol. The molecule has 2 aliphatic heterocycles. The molecular formula is C31H30ClFN6O4. The fraction of sp³-hybridized carbons (Fsp3) is 0.290. The smallest absolute Gasteiger partial charge is 0.247 e. The number of morpholine rings is 1. The number of nitrogens with zero attached hydrogens (tertiary/aromatic N) is 4. The van der Waals surface area contributed by atoms with Crippen LogP contribution in [0.2, 0.25) is 5.02 Å². The van der Waals surface area contributed by atoms with Crippen molar-refractivity contribution in [3.05, 3.63) is 84.2 Å². The Kier molecular flexibility index (Phi) is 8.64. The first-order valence-corrected chi connectivity index (χ1v) is 14.3. The molecule has 0 spiro atoms. The van der Waals surface area contributed by atoms with Crippen LogP contribution in [0.25, 0.3) is 10.9 Å². The first-order chi connectivity index (χ1) is 20.9. The van der Waals surface area contributed by atoms with Crippen LogP contribution in [0.3, 0.4) is 0 Å². The molecule has 0 unspecified atom stereocenters. The Balaban J connectivity index is 1.16. The molecule has 2 aromatic heterocycles. The summed E-state index contributed by atoms with van der Waals surface area (Å²) in [6.07, 6.45) is 4.96. The molecule has 2 bridgehead atoms. The van der Waals surface area contributed by atoms with E-state index >= 15 is 0 Å². The minimum atomic E-state index is -0.574. The Labute approximate surface area is 252 Å². The van der Waals surface area contributed by atoms with Gasteiger partial charge in [0.25, 0.3) is 0 Å². The molecule has 10 nitrogen and oxygen atoms in total. The SMILES string of the molecule is C=CC(=O)Nc1cc2c(Nc3ccc(OCc4cccc(F)n4)c(Cl)c3)ncnc2cc1OCCCN1C[C@@H]2C[C@H]1CO2. The minimum Gasteiger partial charge on any atom is -0.491 e. The predicted molar refractivity (Wildman–Crippen MR) is 161 cm³/mol. The fourth-order valence-electron chi connectivity index (χ4n) is 5.30. The Morgan fingerprint density at radius 3 is 2.86 bits per heavy atom. The normalized spacial score (nSPS) is 17.6. The van der Waals surface area contributed by atoms with Crippen LogP contribution >= 0.6 is 11.6 Å². The maximum absolute atomic E-state index is 13.4. The molecule has 0 radical (unpaired) electrons. The van der Waals surface area contributed by atoms with Crippen molar-refractivity contribution in [1.82, 2.24) is 19.9 Å². The van der Waals surface area contributed by atoms with Gasteiger partial charge in [-0.25, -0.2) is 15.0 Å². The number of amides is 1. The molecular weight excluding hydrogens is 575 g/mol. The Hall–Kier alpha value is -4.32. The quantitative estimate of drug-likeness (QED) is 0.123. The molecule has 2 aliphatic rings. The number of likely N-dealkylation sites (tertiary alicyclic amines) is 1. The molecule has 2 saturated heterocycles. The highest BCUT2D eigenvalue weighted by Gasteiger charge is 2.38. The summed E-state index contributed by atoms with van der Waals surface area (Å²) < 4.78 is 30.9. The van der Waals surface area contributed by atoms with E-state index < -0.39 is 5.95 Å². The lowest BCUT2D eigenvalue weighted by Crippen LogP contribution is -2.37. The maximum Gasteiger partial charge on any atom is 0.247 e. The lowest BCUT2D eigenvalue weighted by Gasteiger charge is -2.26. The number of carbonyl (C=O) groups is 1. The maximum atomic E-state index is 13.4. The van der Waals surface area contributed by atoms with Crippen molar-refractivity contribution in [2.75, 3.05) is 36.9 Å². The van der Waals surface area contributed by atoms with E-state index in [1.165, 1.54) is 18.5 Å². The number of aromatic nitrogens is 3. The van der Waals surface area contributed by atoms with Crippen molar-refractivity contribution in [3.63, 3.8) is 0 Å². The zero-order valence-electron chi connectivity index (χ0n) is 23.3. The van der Waals surface area contributed by atoms with Gasteiger partial charge in [0.1, 0.15) is 30.3 Å². The number of fused-ring (bicyclic) bond motifs is 3. The first-order valence-electron chi connectivity index (χ1n) is 14.0. The number of hydrogen-bond acceptors (Lipinski definition) is 9.